The molecular weight excluding hydrogens is 224 g/mol. The van der Waals surface area contributed by atoms with Crippen LogP contribution in [0.2, 0.25) is 0 Å². The van der Waals surface area contributed by atoms with Gasteiger partial charge in [-0.05, 0) is 51.1 Å². The Labute approximate surface area is 112 Å². The molecule has 2 rings (SSSR count). The normalized spacial score (nSPS) is 28.0. The number of likely N-dealkylation sites (N-methyl/N-ethyl adjacent to an activating group) is 1. The fourth-order valence-electron chi connectivity index (χ4n) is 3.94. The summed E-state index contributed by atoms with van der Waals surface area (Å²) >= 11 is 0. The van der Waals surface area contributed by atoms with E-state index in [0.29, 0.717) is 12.6 Å². The Balaban J connectivity index is 1.85. The van der Waals surface area contributed by atoms with Crippen LogP contribution in [-0.4, -0.2) is 48.3 Å². The van der Waals surface area contributed by atoms with Crippen LogP contribution in [0.5, 0.6) is 0 Å². The van der Waals surface area contributed by atoms with Crippen molar-refractivity contribution < 1.29 is 5.11 Å². The summed E-state index contributed by atoms with van der Waals surface area (Å²) in [5.74, 6) is 0.962. The molecule has 2 fully saturated rings. The van der Waals surface area contributed by atoms with Crippen LogP contribution >= 0.6 is 0 Å². The van der Waals surface area contributed by atoms with Crippen LogP contribution in [0.25, 0.3) is 0 Å². The van der Waals surface area contributed by atoms with E-state index in [-0.39, 0.29) is 0 Å². The number of likely N-dealkylation sites (tertiary alicyclic amines) is 1. The maximum absolute atomic E-state index is 9.16. The molecule has 2 atom stereocenters. The quantitative estimate of drug-likeness (QED) is 0.729. The molecule has 2 aliphatic rings. The average molecular weight is 254 g/mol. The van der Waals surface area contributed by atoms with E-state index in [0.717, 1.165) is 31.5 Å². The van der Waals surface area contributed by atoms with Crippen molar-refractivity contribution in [3.63, 3.8) is 0 Å². The number of aliphatic hydroxyl groups is 1. The third-order valence-electron chi connectivity index (χ3n) is 4.78. The van der Waals surface area contributed by atoms with E-state index >= 15 is 0 Å². The summed E-state index contributed by atoms with van der Waals surface area (Å²) in [6.45, 7) is 5.87. The maximum Gasteiger partial charge on any atom is 0.0446 e. The minimum Gasteiger partial charge on any atom is -0.396 e. The first-order chi connectivity index (χ1) is 8.85. The highest BCUT2D eigenvalue weighted by Gasteiger charge is 2.33. The van der Waals surface area contributed by atoms with Gasteiger partial charge in [-0.25, -0.2) is 0 Å². The Morgan fingerprint density at radius 3 is 2.67 bits per heavy atom. The highest BCUT2D eigenvalue weighted by molar-refractivity contribution is 4.89. The van der Waals surface area contributed by atoms with Crippen LogP contribution in [0.15, 0.2) is 0 Å². The Hall–Kier alpha value is -0.120. The van der Waals surface area contributed by atoms with E-state index in [4.69, 9.17) is 5.11 Å². The molecule has 0 spiro atoms. The Morgan fingerprint density at radius 2 is 2.00 bits per heavy atom. The van der Waals surface area contributed by atoms with Gasteiger partial charge in [0.15, 0.2) is 0 Å². The van der Waals surface area contributed by atoms with Crippen molar-refractivity contribution in [3.05, 3.63) is 0 Å². The van der Waals surface area contributed by atoms with Crippen LogP contribution in [0.3, 0.4) is 0 Å². The molecule has 0 radical (unpaired) electrons. The van der Waals surface area contributed by atoms with Crippen LogP contribution < -0.4 is 5.32 Å². The maximum atomic E-state index is 9.16. The van der Waals surface area contributed by atoms with Crippen molar-refractivity contribution in [2.75, 3.05) is 26.2 Å². The molecule has 1 saturated carbocycles. The summed E-state index contributed by atoms with van der Waals surface area (Å²) in [5.41, 5.74) is 0. The van der Waals surface area contributed by atoms with Crippen LogP contribution in [0, 0.1) is 5.92 Å². The fraction of sp³-hybridized carbons (Fsp3) is 1.00. The monoisotopic (exact) mass is 254 g/mol. The SMILES string of the molecule is CCNC(CCO)CN1CCCC1C1CCCC1. The predicted octanol–water partition coefficient (Wildman–Crippen LogP) is 2.00. The molecule has 0 aromatic heterocycles. The van der Waals surface area contributed by atoms with E-state index in [1.54, 1.807) is 0 Å². The van der Waals surface area contributed by atoms with Crippen LogP contribution in [0.1, 0.15) is 51.9 Å². The molecule has 1 aliphatic heterocycles. The number of nitrogens with one attached hydrogen (secondary N) is 1. The molecule has 0 aromatic carbocycles. The highest BCUT2D eigenvalue weighted by Crippen LogP contribution is 2.35. The molecule has 1 heterocycles. The molecule has 1 aliphatic carbocycles. The molecule has 0 aromatic rings. The summed E-state index contributed by atoms with van der Waals surface area (Å²) in [6.07, 6.45) is 9.47. The molecule has 3 nitrogen and oxygen atoms in total. The minimum absolute atomic E-state index is 0.305. The molecule has 18 heavy (non-hydrogen) atoms. The molecule has 0 amide bonds. The molecule has 2 N–H and O–H groups in total. The van der Waals surface area contributed by atoms with Gasteiger partial charge in [0.25, 0.3) is 0 Å². The molecule has 3 heteroatoms. The van der Waals surface area contributed by atoms with E-state index in [1.165, 1.54) is 45.1 Å². The second-order valence-corrected chi connectivity index (χ2v) is 6.02. The summed E-state index contributed by atoms with van der Waals surface area (Å²) in [7, 11) is 0. The fourth-order valence-corrected chi connectivity index (χ4v) is 3.94. The van der Waals surface area contributed by atoms with Gasteiger partial charge >= 0.3 is 0 Å². The first kappa shape index (κ1) is 14.3. The summed E-state index contributed by atoms with van der Waals surface area (Å²) < 4.78 is 0. The molecule has 106 valence electrons. The van der Waals surface area contributed by atoms with Gasteiger partial charge in [-0.3, -0.25) is 4.90 Å². The van der Waals surface area contributed by atoms with Crippen LogP contribution in [0.4, 0.5) is 0 Å². The van der Waals surface area contributed by atoms with Gasteiger partial charge in [0.2, 0.25) is 0 Å². The van der Waals surface area contributed by atoms with Gasteiger partial charge < -0.3 is 10.4 Å². The van der Waals surface area contributed by atoms with Crippen LogP contribution in [-0.2, 0) is 0 Å². The van der Waals surface area contributed by atoms with Gasteiger partial charge in [-0.1, -0.05) is 19.8 Å². The van der Waals surface area contributed by atoms with Gasteiger partial charge in [0, 0.05) is 25.2 Å². The average Bonchev–Trinajstić information content (AvgIpc) is 2.99. The zero-order valence-electron chi connectivity index (χ0n) is 11.9. The first-order valence-corrected chi connectivity index (χ1v) is 7.93. The first-order valence-electron chi connectivity index (χ1n) is 7.93. The van der Waals surface area contributed by atoms with Crippen molar-refractivity contribution in [1.82, 2.24) is 10.2 Å². The van der Waals surface area contributed by atoms with Gasteiger partial charge in [-0.2, -0.15) is 0 Å². The van der Waals surface area contributed by atoms with E-state index in [2.05, 4.69) is 17.1 Å². The van der Waals surface area contributed by atoms with E-state index < -0.39 is 0 Å². The van der Waals surface area contributed by atoms with Crippen molar-refractivity contribution in [3.8, 4) is 0 Å². The zero-order valence-corrected chi connectivity index (χ0v) is 11.9. The van der Waals surface area contributed by atoms with Crippen molar-refractivity contribution in [2.45, 2.75) is 64.0 Å². The van der Waals surface area contributed by atoms with Gasteiger partial charge in [0.1, 0.15) is 0 Å². The Bertz CT molecular complexity index is 223. The number of nitrogens with zero attached hydrogens (tertiary/aromatic N) is 1. The highest BCUT2D eigenvalue weighted by atomic mass is 16.3. The number of hydrogen-bond donors (Lipinski definition) is 2. The summed E-state index contributed by atoms with van der Waals surface area (Å²) in [4.78, 5) is 2.71. The largest absolute Gasteiger partial charge is 0.396 e. The molecule has 2 unspecified atom stereocenters. The lowest BCUT2D eigenvalue weighted by Gasteiger charge is -2.32. The smallest absolute Gasteiger partial charge is 0.0446 e. The minimum atomic E-state index is 0.305. The molecule has 1 saturated heterocycles. The van der Waals surface area contributed by atoms with Gasteiger partial charge in [0.05, 0.1) is 0 Å². The predicted molar refractivity (Wildman–Crippen MR) is 75.7 cm³/mol. The standard InChI is InChI=1S/C15H30N2O/c1-2-16-14(9-11-18)12-17-10-5-8-15(17)13-6-3-4-7-13/h13-16,18H,2-12H2,1H3. The lowest BCUT2D eigenvalue weighted by molar-refractivity contribution is 0.160. The third-order valence-corrected chi connectivity index (χ3v) is 4.78. The topological polar surface area (TPSA) is 35.5 Å². The number of rotatable bonds is 7. The van der Waals surface area contributed by atoms with E-state index in [9.17, 15) is 0 Å². The number of aliphatic hydroxyl groups excluding tert-OH is 1. The molecule has 0 bridgehead atoms. The lowest BCUT2D eigenvalue weighted by atomic mass is 9.95. The van der Waals surface area contributed by atoms with Crippen molar-refractivity contribution in [1.29, 1.82) is 0 Å². The second-order valence-electron chi connectivity index (χ2n) is 6.02. The molecular formula is C15H30N2O. The van der Waals surface area contributed by atoms with Crippen molar-refractivity contribution >= 4 is 0 Å². The zero-order chi connectivity index (χ0) is 12.8. The summed E-state index contributed by atoms with van der Waals surface area (Å²) in [5, 5.41) is 12.7. The third kappa shape index (κ3) is 3.69. The number of hydrogen-bond acceptors (Lipinski definition) is 3. The van der Waals surface area contributed by atoms with Crippen molar-refractivity contribution in [2.24, 2.45) is 5.92 Å². The van der Waals surface area contributed by atoms with Gasteiger partial charge in [-0.15, -0.1) is 0 Å². The lowest BCUT2D eigenvalue weighted by Crippen LogP contribution is -2.45. The summed E-state index contributed by atoms with van der Waals surface area (Å²) in [6, 6.07) is 1.31. The Kier molecular flexibility index (Phi) is 5.93. The second kappa shape index (κ2) is 7.46. The Morgan fingerprint density at radius 1 is 1.22 bits per heavy atom. The van der Waals surface area contributed by atoms with E-state index in [1.807, 2.05) is 0 Å².